The fourth-order valence-electron chi connectivity index (χ4n) is 2.20. The van der Waals surface area contributed by atoms with Crippen molar-refractivity contribution in [2.75, 3.05) is 5.32 Å². The molecule has 2 aromatic carbocycles. The van der Waals surface area contributed by atoms with E-state index in [1.165, 1.54) is 30.5 Å². The van der Waals surface area contributed by atoms with Crippen molar-refractivity contribution in [2.24, 2.45) is 5.73 Å². The average Bonchev–Trinajstić information content (AvgIpc) is 2.54. The lowest BCUT2D eigenvalue weighted by Crippen LogP contribution is -2.28. The van der Waals surface area contributed by atoms with Crippen molar-refractivity contribution < 1.29 is 18.0 Å². The summed E-state index contributed by atoms with van der Waals surface area (Å²) in [6, 6.07) is 6.03. The summed E-state index contributed by atoms with van der Waals surface area (Å²) in [5, 5.41) is 2.75. The number of hydrogen-bond donors (Lipinski definition) is 2. The van der Waals surface area contributed by atoms with E-state index in [2.05, 4.69) is 15.3 Å². The van der Waals surface area contributed by atoms with E-state index in [0.29, 0.717) is 5.56 Å². The van der Waals surface area contributed by atoms with Gasteiger partial charge in [-0.05, 0) is 17.7 Å². The third-order valence-electron chi connectivity index (χ3n) is 3.36. The van der Waals surface area contributed by atoms with E-state index >= 15 is 0 Å². The van der Waals surface area contributed by atoms with Crippen LogP contribution in [0.2, 0.25) is 0 Å². The Morgan fingerprint density at radius 1 is 1.04 bits per heavy atom. The fourth-order valence-corrected chi connectivity index (χ4v) is 2.20. The highest BCUT2D eigenvalue weighted by molar-refractivity contribution is 5.84. The first-order valence-corrected chi connectivity index (χ1v) is 6.87. The van der Waals surface area contributed by atoms with E-state index in [1.807, 2.05) is 0 Å². The van der Waals surface area contributed by atoms with Gasteiger partial charge in [-0.15, -0.1) is 0 Å². The molecule has 0 radical (unpaired) electrons. The molecule has 0 bridgehead atoms. The molecule has 3 aromatic rings. The largest absolute Gasteiger partial charge is 0.368 e. The number of amides is 1. The second kappa shape index (κ2) is 6.15. The van der Waals surface area contributed by atoms with Crippen LogP contribution < -0.4 is 11.1 Å². The molecule has 8 heteroatoms. The normalized spacial score (nSPS) is 12.1. The fraction of sp³-hybridized carbons (Fsp3) is 0.0625. The van der Waals surface area contributed by atoms with E-state index in [9.17, 15) is 18.0 Å². The molecule has 0 aliphatic carbocycles. The zero-order chi connectivity index (χ0) is 17.3. The Labute approximate surface area is 134 Å². The molecule has 0 aliphatic heterocycles. The van der Waals surface area contributed by atoms with Crippen molar-refractivity contribution in [2.45, 2.75) is 6.04 Å². The number of nitrogens with zero attached hydrogens (tertiary/aromatic N) is 2. The van der Waals surface area contributed by atoms with Crippen molar-refractivity contribution in [3.63, 3.8) is 0 Å². The molecule has 0 saturated heterocycles. The minimum absolute atomic E-state index is 0.112. The molecule has 1 amide bonds. The Hall–Kier alpha value is -3.16. The van der Waals surface area contributed by atoms with Crippen LogP contribution in [0.4, 0.5) is 19.0 Å². The number of carbonyl (C=O) groups excluding carboxylic acids is 1. The molecule has 1 unspecified atom stereocenters. The van der Waals surface area contributed by atoms with E-state index in [1.54, 1.807) is 0 Å². The molecular weight excluding hydrogens is 321 g/mol. The zero-order valence-corrected chi connectivity index (χ0v) is 12.1. The second-order valence-electron chi connectivity index (χ2n) is 5.04. The number of halogens is 3. The molecule has 0 saturated carbocycles. The van der Waals surface area contributed by atoms with Crippen LogP contribution in [0.25, 0.3) is 11.0 Å². The molecule has 1 aromatic heterocycles. The molecule has 1 heterocycles. The highest BCUT2D eigenvalue weighted by atomic mass is 19.2. The maximum absolute atomic E-state index is 13.3. The second-order valence-corrected chi connectivity index (χ2v) is 5.04. The summed E-state index contributed by atoms with van der Waals surface area (Å²) < 4.78 is 39.5. The van der Waals surface area contributed by atoms with Gasteiger partial charge in [-0.2, -0.15) is 0 Å². The Morgan fingerprint density at radius 3 is 2.29 bits per heavy atom. The minimum Gasteiger partial charge on any atom is -0.368 e. The Kier molecular flexibility index (Phi) is 4.03. The molecule has 24 heavy (non-hydrogen) atoms. The third-order valence-corrected chi connectivity index (χ3v) is 3.36. The number of rotatable bonds is 4. The van der Waals surface area contributed by atoms with Crippen molar-refractivity contribution in [1.29, 1.82) is 0 Å². The number of nitrogens with two attached hydrogens (primary N) is 1. The van der Waals surface area contributed by atoms with Crippen LogP contribution in [0.15, 0.2) is 42.6 Å². The number of anilines is 1. The zero-order valence-electron chi connectivity index (χ0n) is 12.1. The maximum atomic E-state index is 13.3. The molecule has 5 nitrogen and oxygen atoms in total. The quantitative estimate of drug-likeness (QED) is 0.770. The van der Waals surface area contributed by atoms with Crippen molar-refractivity contribution in [3.8, 4) is 0 Å². The van der Waals surface area contributed by atoms with Gasteiger partial charge in [0, 0.05) is 12.1 Å². The topological polar surface area (TPSA) is 80.9 Å². The van der Waals surface area contributed by atoms with Gasteiger partial charge in [0.25, 0.3) is 0 Å². The lowest BCUT2D eigenvalue weighted by atomic mass is 10.1. The van der Waals surface area contributed by atoms with Crippen LogP contribution in [0.5, 0.6) is 0 Å². The van der Waals surface area contributed by atoms with Gasteiger partial charge in [0.05, 0.1) is 17.2 Å². The highest BCUT2D eigenvalue weighted by Crippen LogP contribution is 2.21. The molecular formula is C16H11F3N4O. The van der Waals surface area contributed by atoms with Gasteiger partial charge in [-0.3, -0.25) is 9.78 Å². The number of benzene rings is 2. The molecule has 0 aliphatic rings. The van der Waals surface area contributed by atoms with Crippen molar-refractivity contribution >= 4 is 22.8 Å². The van der Waals surface area contributed by atoms with E-state index in [0.717, 1.165) is 12.1 Å². The number of hydrogen-bond acceptors (Lipinski definition) is 4. The number of aromatic nitrogens is 2. The summed E-state index contributed by atoms with van der Waals surface area (Å²) >= 11 is 0. The number of fused-ring (bicyclic) bond motifs is 1. The van der Waals surface area contributed by atoms with E-state index in [4.69, 9.17) is 5.73 Å². The predicted octanol–water partition coefficient (Wildman–Crippen LogP) is 2.69. The van der Waals surface area contributed by atoms with Gasteiger partial charge in [0.15, 0.2) is 11.6 Å². The first-order chi connectivity index (χ1) is 11.4. The smallest absolute Gasteiger partial charge is 0.244 e. The Balaban J connectivity index is 1.95. The molecule has 3 rings (SSSR count). The standard InChI is InChI=1S/C16H11F3N4O/c17-9-3-1-8(2-4-9)15(16(20)24)23-14-7-21-12-5-10(18)11(19)6-13(12)22-14/h1-7,15H,(H2,20,24)(H,22,23). The van der Waals surface area contributed by atoms with Crippen LogP contribution in [0.3, 0.4) is 0 Å². The SMILES string of the molecule is NC(=O)C(Nc1cnc2cc(F)c(F)cc2n1)c1ccc(F)cc1. The molecule has 0 spiro atoms. The third kappa shape index (κ3) is 3.12. The highest BCUT2D eigenvalue weighted by Gasteiger charge is 2.19. The van der Waals surface area contributed by atoms with E-state index in [-0.39, 0.29) is 16.9 Å². The summed E-state index contributed by atoms with van der Waals surface area (Å²) in [7, 11) is 0. The maximum Gasteiger partial charge on any atom is 0.244 e. The van der Waals surface area contributed by atoms with Crippen molar-refractivity contribution in [1.82, 2.24) is 9.97 Å². The number of carbonyl (C=O) groups is 1. The summed E-state index contributed by atoms with van der Waals surface area (Å²) in [5.41, 5.74) is 6.06. The van der Waals surface area contributed by atoms with Gasteiger partial charge in [0.2, 0.25) is 5.91 Å². The summed E-state index contributed by atoms with van der Waals surface area (Å²) in [6.07, 6.45) is 1.26. The number of primary amides is 1. The van der Waals surface area contributed by atoms with Crippen LogP contribution >= 0.6 is 0 Å². The lowest BCUT2D eigenvalue weighted by Gasteiger charge is -2.16. The lowest BCUT2D eigenvalue weighted by molar-refractivity contribution is -0.118. The molecule has 0 fully saturated rings. The van der Waals surface area contributed by atoms with Crippen molar-refractivity contribution in [3.05, 3.63) is 65.6 Å². The molecule has 122 valence electrons. The van der Waals surface area contributed by atoms with Gasteiger partial charge >= 0.3 is 0 Å². The van der Waals surface area contributed by atoms with Crippen LogP contribution in [0, 0.1) is 17.5 Å². The summed E-state index contributed by atoms with van der Waals surface area (Å²) in [4.78, 5) is 19.7. The van der Waals surface area contributed by atoms with E-state index < -0.39 is 29.4 Å². The summed E-state index contributed by atoms with van der Waals surface area (Å²) in [6.45, 7) is 0. The first kappa shape index (κ1) is 15.7. The average molecular weight is 332 g/mol. The van der Waals surface area contributed by atoms with Gasteiger partial charge < -0.3 is 11.1 Å². The number of nitrogens with one attached hydrogen (secondary N) is 1. The van der Waals surface area contributed by atoms with Crippen LogP contribution in [0.1, 0.15) is 11.6 Å². The first-order valence-electron chi connectivity index (χ1n) is 6.87. The predicted molar refractivity (Wildman–Crippen MR) is 81.4 cm³/mol. The van der Waals surface area contributed by atoms with Gasteiger partial charge in [0.1, 0.15) is 17.7 Å². The molecule has 1 atom stereocenters. The Bertz CT molecular complexity index is 915. The van der Waals surface area contributed by atoms with Gasteiger partial charge in [-0.1, -0.05) is 12.1 Å². The molecule has 3 N–H and O–H groups in total. The Morgan fingerprint density at radius 2 is 1.67 bits per heavy atom. The van der Waals surface area contributed by atoms with Crippen LogP contribution in [-0.4, -0.2) is 15.9 Å². The summed E-state index contributed by atoms with van der Waals surface area (Å²) in [5.74, 6) is -3.11. The monoisotopic (exact) mass is 332 g/mol. The minimum atomic E-state index is -1.06. The van der Waals surface area contributed by atoms with Gasteiger partial charge in [-0.25, -0.2) is 18.2 Å². The van der Waals surface area contributed by atoms with Crippen LogP contribution in [-0.2, 0) is 4.79 Å².